The molecule has 0 fully saturated rings. The largest absolute Gasteiger partial charge is 0.480 e. The minimum Gasteiger partial charge on any atom is -0.480 e. The predicted octanol–water partition coefficient (Wildman–Crippen LogP) is 3.31. The van der Waals surface area contributed by atoms with Crippen molar-refractivity contribution in [2.24, 2.45) is 0 Å². The van der Waals surface area contributed by atoms with E-state index in [1.54, 1.807) is 0 Å². The summed E-state index contributed by atoms with van der Waals surface area (Å²) in [6, 6.07) is 5.59. The van der Waals surface area contributed by atoms with E-state index in [1.165, 1.54) is 11.8 Å². The molecule has 1 aromatic carbocycles. The van der Waals surface area contributed by atoms with Gasteiger partial charge in [0.2, 0.25) is 0 Å². The first-order valence-electron chi connectivity index (χ1n) is 5.80. The first kappa shape index (κ1) is 13.9. The van der Waals surface area contributed by atoms with Gasteiger partial charge < -0.3 is 10.8 Å². The number of carbonyl (C=O) groups is 1. The molecule has 0 spiro atoms. The fourth-order valence-corrected chi connectivity index (χ4v) is 2.66. The van der Waals surface area contributed by atoms with Crippen LogP contribution in [0.2, 0.25) is 0 Å². The summed E-state index contributed by atoms with van der Waals surface area (Å²) in [7, 11) is 0. The Kier molecular flexibility index (Phi) is 5.35. The van der Waals surface area contributed by atoms with Crippen LogP contribution >= 0.6 is 11.8 Å². The van der Waals surface area contributed by atoms with Crippen molar-refractivity contribution >= 4 is 23.4 Å². The number of hydrogen-bond donors (Lipinski definition) is 2. The molecule has 0 aliphatic rings. The van der Waals surface area contributed by atoms with Gasteiger partial charge in [-0.05, 0) is 37.1 Å². The van der Waals surface area contributed by atoms with E-state index in [-0.39, 0.29) is 5.25 Å². The van der Waals surface area contributed by atoms with Crippen LogP contribution in [0.1, 0.15) is 31.7 Å². The molecule has 0 radical (unpaired) electrons. The van der Waals surface area contributed by atoms with Gasteiger partial charge in [-0.15, -0.1) is 11.8 Å². The highest BCUT2D eigenvalue weighted by molar-refractivity contribution is 8.00. The van der Waals surface area contributed by atoms with Crippen LogP contribution in [0, 0.1) is 6.92 Å². The number of carboxylic acids is 1. The Morgan fingerprint density at radius 2 is 2.24 bits per heavy atom. The lowest BCUT2D eigenvalue weighted by Gasteiger charge is -2.13. The Labute approximate surface area is 106 Å². The van der Waals surface area contributed by atoms with Crippen molar-refractivity contribution in [1.82, 2.24) is 0 Å². The van der Waals surface area contributed by atoms with E-state index in [2.05, 4.69) is 6.92 Å². The van der Waals surface area contributed by atoms with Gasteiger partial charge in [-0.1, -0.05) is 19.8 Å². The average molecular weight is 253 g/mol. The summed E-state index contributed by atoms with van der Waals surface area (Å²) >= 11 is 1.42. The zero-order valence-electron chi connectivity index (χ0n) is 10.3. The number of rotatable bonds is 6. The van der Waals surface area contributed by atoms with Gasteiger partial charge in [0.05, 0.1) is 0 Å². The molecule has 0 aromatic heterocycles. The predicted molar refractivity (Wildman–Crippen MR) is 72.4 cm³/mol. The molecule has 1 aromatic rings. The molecule has 3 nitrogen and oxygen atoms in total. The molecule has 3 N–H and O–H groups in total. The van der Waals surface area contributed by atoms with Gasteiger partial charge in [0.25, 0.3) is 0 Å². The topological polar surface area (TPSA) is 63.3 Å². The van der Waals surface area contributed by atoms with Gasteiger partial charge in [0.15, 0.2) is 0 Å². The second-order valence-corrected chi connectivity index (χ2v) is 5.36. The molecular weight excluding hydrogens is 234 g/mol. The maximum Gasteiger partial charge on any atom is 0.316 e. The number of hydrogen-bond acceptors (Lipinski definition) is 3. The number of aliphatic carboxylic acids is 1. The van der Waals surface area contributed by atoms with E-state index >= 15 is 0 Å². The molecule has 17 heavy (non-hydrogen) atoms. The molecule has 1 rings (SSSR count). The summed E-state index contributed by atoms with van der Waals surface area (Å²) in [6.45, 7) is 4.02. The molecule has 1 unspecified atom stereocenters. The Balaban J connectivity index is 2.75. The maximum absolute atomic E-state index is 11.1. The van der Waals surface area contributed by atoms with Crippen molar-refractivity contribution in [2.75, 3.05) is 5.73 Å². The third kappa shape index (κ3) is 4.30. The average Bonchev–Trinajstić information content (AvgIpc) is 2.26. The Bertz CT molecular complexity index is 393. The van der Waals surface area contributed by atoms with E-state index in [0.29, 0.717) is 12.1 Å². The smallest absolute Gasteiger partial charge is 0.316 e. The molecule has 94 valence electrons. The number of aryl methyl sites for hydroxylation is 1. The van der Waals surface area contributed by atoms with Crippen molar-refractivity contribution in [1.29, 1.82) is 0 Å². The molecule has 0 aliphatic heterocycles. The quantitative estimate of drug-likeness (QED) is 0.603. The van der Waals surface area contributed by atoms with Gasteiger partial charge in [-0.25, -0.2) is 0 Å². The van der Waals surface area contributed by atoms with Gasteiger partial charge in [-0.2, -0.15) is 0 Å². The second-order valence-electron chi connectivity index (χ2n) is 4.11. The Morgan fingerprint density at radius 3 is 2.76 bits per heavy atom. The van der Waals surface area contributed by atoms with Crippen LogP contribution in [0.15, 0.2) is 23.1 Å². The van der Waals surface area contributed by atoms with Crippen LogP contribution < -0.4 is 5.73 Å². The first-order chi connectivity index (χ1) is 8.04. The molecule has 4 heteroatoms. The number of benzene rings is 1. The number of unbranched alkanes of at least 4 members (excludes halogenated alkanes) is 1. The monoisotopic (exact) mass is 253 g/mol. The highest BCUT2D eigenvalue weighted by atomic mass is 32.2. The van der Waals surface area contributed by atoms with E-state index in [4.69, 9.17) is 10.8 Å². The molecule has 0 bridgehead atoms. The molecule has 0 saturated heterocycles. The van der Waals surface area contributed by atoms with Crippen molar-refractivity contribution in [3.63, 3.8) is 0 Å². The fraction of sp³-hybridized carbons (Fsp3) is 0.462. The lowest BCUT2D eigenvalue weighted by atomic mass is 10.2. The molecule has 0 aliphatic carbocycles. The molecule has 0 amide bonds. The van der Waals surface area contributed by atoms with Crippen LogP contribution in [-0.2, 0) is 4.79 Å². The maximum atomic E-state index is 11.1. The molecular formula is C13H19NO2S. The summed E-state index contributed by atoms with van der Waals surface area (Å²) in [5.41, 5.74) is 7.43. The zero-order chi connectivity index (χ0) is 12.8. The number of nitrogens with two attached hydrogens (primary N) is 1. The molecule has 0 saturated carbocycles. The number of thioether (sulfide) groups is 1. The highest BCUT2D eigenvalue weighted by Crippen LogP contribution is 2.30. The first-order valence-corrected chi connectivity index (χ1v) is 6.68. The lowest BCUT2D eigenvalue weighted by molar-refractivity contribution is -0.136. The normalized spacial score (nSPS) is 12.4. The zero-order valence-corrected chi connectivity index (χ0v) is 11.1. The standard InChI is InChI=1S/C13H19NO2S/c1-3-4-5-12(13(15)16)17-11-7-6-10(14)8-9(11)2/h6-8,12H,3-5,14H2,1-2H3,(H,15,16). The third-order valence-corrected chi connectivity index (χ3v) is 4.00. The van der Waals surface area contributed by atoms with Crippen molar-refractivity contribution in [2.45, 2.75) is 43.3 Å². The third-order valence-electron chi connectivity index (χ3n) is 2.56. The minimum atomic E-state index is -0.736. The number of nitrogen functional groups attached to an aromatic ring is 1. The molecule has 0 heterocycles. The van der Waals surface area contributed by atoms with Crippen LogP contribution in [0.5, 0.6) is 0 Å². The van der Waals surface area contributed by atoms with Gasteiger partial charge in [-0.3, -0.25) is 4.79 Å². The number of carboxylic acid groups (broad SMARTS) is 1. The number of anilines is 1. The fourth-order valence-electron chi connectivity index (χ4n) is 1.58. The van der Waals surface area contributed by atoms with E-state index in [1.807, 2.05) is 25.1 Å². The minimum absolute atomic E-state index is 0.364. The van der Waals surface area contributed by atoms with Gasteiger partial charge in [0, 0.05) is 10.6 Å². The van der Waals surface area contributed by atoms with E-state index in [0.717, 1.165) is 23.3 Å². The Hall–Kier alpha value is -1.16. The van der Waals surface area contributed by atoms with Crippen LogP contribution in [0.25, 0.3) is 0 Å². The summed E-state index contributed by atoms with van der Waals surface area (Å²) in [4.78, 5) is 12.1. The van der Waals surface area contributed by atoms with Crippen LogP contribution in [-0.4, -0.2) is 16.3 Å². The van der Waals surface area contributed by atoms with Crippen LogP contribution in [0.4, 0.5) is 5.69 Å². The van der Waals surface area contributed by atoms with Crippen LogP contribution in [0.3, 0.4) is 0 Å². The van der Waals surface area contributed by atoms with Gasteiger partial charge in [0.1, 0.15) is 5.25 Å². The highest BCUT2D eigenvalue weighted by Gasteiger charge is 2.18. The van der Waals surface area contributed by atoms with Crippen molar-refractivity contribution in [3.8, 4) is 0 Å². The summed E-state index contributed by atoms with van der Waals surface area (Å²) in [5.74, 6) is -0.736. The van der Waals surface area contributed by atoms with Crippen molar-refractivity contribution in [3.05, 3.63) is 23.8 Å². The summed E-state index contributed by atoms with van der Waals surface area (Å²) in [5, 5.41) is 8.80. The van der Waals surface area contributed by atoms with E-state index in [9.17, 15) is 4.79 Å². The van der Waals surface area contributed by atoms with Gasteiger partial charge >= 0.3 is 5.97 Å². The molecule has 1 atom stereocenters. The lowest BCUT2D eigenvalue weighted by Crippen LogP contribution is -2.16. The summed E-state index contributed by atoms with van der Waals surface area (Å²) < 4.78 is 0. The Morgan fingerprint density at radius 1 is 1.53 bits per heavy atom. The SMILES string of the molecule is CCCCC(Sc1ccc(N)cc1C)C(=O)O. The summed E-state index contributed by atoms with van der Waals surface area (Å²) in [6.07, 6.45) is 2.67. The second kappa shape index (κ2) is 6.55. The van der Waals surface area contributed by atoms with Crippen molar-refractivity contribution < 1.29 is 9.90 Å². The van der Waals surface area contributed by atoms with E-state index < -0.39 is 5.97 Å².